The molecule has 1 atom stereocenters. The van der Waals surface area contributed by atoms with Crippen LogP contribution in [-0.4, -0.2) is 26.9 Å². The summed E-state index contributed by atoms with van der Waals surface area (Å²) in [7, 11) is 0. The van der Waals surface area contributed by atoms with Crippen molar-refractivity contribution in [3.63, 3.8) is 0 Å². The molecular formula is C25H27N2O2PtS-. The zero-order valence-corrected chi connectivity index (χ0v) is 20.9. The number of thioether (sulfide) groups is 1. The molecule has 0 bridgehead atoms. The van der Waals surface area contributed by atoms with Gasteiger partial charge in [0, 0.05) is 49.1 Å². The molecule has 2 heterocycles. The van der Waals surface area contributed by atoms with Gasteiger partial charge in [0.2, 0.25) is 5.88 Å². The molecule has 6 heteroatoms. The van der Waals surface area contributed by atoms with E-state index in [2.05, 4.69) is 24.9 Å². The number of aromatic hydroxyl groups is 1. The number of phenolic OH excluding ortho intramolecular Hbond substituents is 1. The molecule has 2 aromatic carbocycles. The third-order valence-corrected chi connectivity index (χ3v) is 6.53. The van der Waals surface area contributed by atoms with Crippen molar-refractivity contribution < 1.29 is 30.9 Å². The number of rotatable bonds is 8. The van der Waals surface area contributed by atoms with Crippen LogP contribution in [0.15, 0.2) is 53.5 Å². The molecule has 1 aliphatic heterocycles. The van der Waals surface area contributed by atoms with E-state index >= 15 is 0 Å². The van der Waals surface area contributed by atoms with Crippen molar-refractivity contribution in [3.05, 3.63) is 60.2 Å². The predicted molar refractivity (Wildman–Crippen MR) is 125 cm³/mol. The molecule has 0 amide bonds. The molecule has 0 saturated carbocycles. The fourth-order valence-corrected chi connectivity index (χ4v) is 5.12. The fraction of sp³-hybridized carbons (Fsp3) is 0.360. The first-order chi connectivity index (χ1) is 14.7. The first-order valence-corrected chi connectivity index (χ1v) is 11.7. The van der Waals surface area contributed by atoms with E-state index in [9.17, 15) is 5.11 Å². The Morgan fingerprint density at radius 3 is 2.65 bits per heavy atom. The number of aromatic nitrogens is 1. The summed E-state index contributed by atoms with van der Waals surface area (Å²) in [5.41, 5.74) is 1.50. The van der Waals surface area contributed by atoms with Crippen LogP contribution in [0.1, 0.15) is 45.1 Å². The van der Waals surface area contributed by atoms with Crippen LogP contribution in [0.2, 0.25) is 0 Å². The number of aliphatic imine (C=N–C) groups is 1. The minimum absolute atomic E-state index is 0. The second kappa shape index (κ2) is 11.2. The number of pyridine rings is 1. The molecule has 166 valence electrons. The number of phenols is 1. The van der Waals surface area contributed by atoms with E-state index in [0.29, 0.717) is 29.1 Å². The maximum absolute atomic E-state index is 10.1. The third kappa shape index (κ3) is 5.70. The van der Waals surface area contributed by atoms with Gasteiger partial charge in [-0.25, -0.2) is 4.98 Å². The second-order valence-electron chi connectivity index (χ2n) is 7.68. The van der Waals surface area contributed by atoms with E-state index in [-0.39, 0.29) is 26.8 Å². The van der Waals surface area contributed by atoms with Crippen LogP contribution in [0.25, 0.3) is 10.9 Å². The van der Waals surface area contributed by atoms with Crippen molar-refractivity contribution >= 4 is 27.7 Å². The summed E-state index contributed by atoms with van der Waals surface area (Å²) in [6.45, 7) is 4.51. The van der Waals surface area contributed by atoms with E-state index in [0.717, 1.165) is 21.7 Å². The van der Waals surface area contributed by atoms with Crippen molar-refractivity contribution in [2.24, 2.45) is 10.9 Å². The average Bonchev–Trinajstić information content (AvgIpc) is 3.25. The largest absolute Gasteiger partial charge is 0.506 e. The Balaban J connectivity index is 0.00000272. The zero-order valence-electron chi connectivity index (χ0n) is 17.8. The second-order valence-corrected chi connectivity index (χ2v) is 8.69. The molecule has 31 heavy (non-hydrogen) atoms. The third-order valence-electron chi connectivity index (χ3n) is 5.42. The van der Waals surface area contributed by atoms with Gasteiger partial charge in [-0.1, -0.05) is 44.9 Å². The number of hydrogen-bond donors (Lipinski definition) is 1. The summed E-state index contributed by atoms with van der Waals surface area (Å²) >= 11 is 1.82. The van der Waals surface area contributed by atoms with Gasteiger partial charge in [0.05, 0.1) is 6.04 Å². The van der Waals surface area contributed by atoms with Gasteiger partial charge >= 0.3 is 0 Å². The number of benzene rings is 2. The maximum atomic E-state index is 10.1. The first-order valence-electron chi connectivity index (χ1n) is 10.7. The molecule has 1 N–H and O–H groups in total. The Labute approximate surface area is 202 Å². The van der Waals surface area contributed by atoms with Crippen molar-refractivity contribution in [3.8, 4) is 17.4 Å². The molecule has 1 aromatic heterocycles. The van der Waals surface area contributed by atoms with E-state index in [1.165, 1.54) is 25.7 Å². The Bertz CT molecular complexity index is 1050. The summed E-state index contributed by atoms with van der Waals surface area (Å²) in [4.78, 5) is 9.49. The number of fused-ring (bicyclic) bond motifs is 1. The maximum Gasteiger partial charge on any atom is 0.217 e. The Morgan fingerprint density at radius 2 is 1.87 bits per heavy atom. The number of para-hydroxylation sites is 1. The quantitative estimate of drug-likeness (QED) is 0.290. The molecule has 0 spiro atoms. The Morgan fingerprint density at radius 1 is 1.10 bits per heavy atom. The van der Waals surface area contributed by atoms with Crippen LogP contribution in [0.5, 0.6) is 17.4 Å². The van der Waals surface area contributed by atoms with Gasteiger partial charge in [-0.2, -0.15) is 11.8 Å². The summed E-state index contributed by atoms with van der Waals surface area (Å²) in [6.07, 6.45) is 4.90. The van der Waals surface area contributed by atoms with Crippen LogP contribution < -0.4 is 4.74 Å². The summed E-state index contributed by atoms with van der Waals surface area (Å²) in [5, 5.41) is 12.0. The molecule has 4 rings (SSSR count). The first kappa shape index (κ1) is 23.8. The number of ether oxygens (including phenoxy) is 1. The van der Waals surface area contributed by atoms with Crippen molar-refractivity contribution in [1.29, 1.82) is 0 Å². The standard InChI is InChI=1S/C25H27N2O2S.Pt/c1-3-7-17(8-4-2)21-16-30-25(26-21)19-10-5-11-20(15-19)29-23-14-13-18-9-6-12-22(28)24(18)27-23;/h5-6,9-14,17,21,28H,3-4,7-8,16H2,1-2H3;/q-1;/t21-;/m1./s1. The van der Waals surface area contributed by atoms with Gasteiger partial charge in [0.1, 0.15) is 11.3 Å². The van der Waals surface area contributed by atoms with Crippen molar-refractivity contribution in [2.75, 3.05) is 5.75 Å². The molecule has 0 radical (unpaired) electrons. The molecule has 1 aliphatic rings. The van der Waals surface area contributed by atoms with E-state index < -0.39 is 0 Å². The Hall–Kier alpha value is -1.84. The van der Waals surface area contributed by atoms with Crippen LogP contribution in [-0.2, 0) is 21.1 Å². The van der Waals surface area contributed by atoms with Crippen molar-refractivity contribution in [2.45, 2.75) is 45.6 Å². The van der Waals surface area contributed by atoms with Crippen LogP contribution in [0.4, 0.5) is 0 Å². The molecule has 0 fully saturated rings. The van der Waals surface area contributed by atoms with Crippen molar-refractivity contribution in [1.82, 2.24) is 4.98 Å². The normalized spacial score (nSPS) is 15.7. The summed E-state index contributed by atoms with van der Waals surface area (Å²) < 4.78 is 5.95. The van der Waals surface area contributed by atoms with Gasteiger partial charge in [0.25, 0.3) is 0 Å². The Kier molecular flexibility index (Phi) is 8.57. The van der Waals surface area contributed by atoms with E-state index in [1.807, 2.05) is 42.1 Å². The molecule has 3 aromatic rings. The SMILES string of the molecule is CCCC(CCC)[C@H]1CSC(c2[c-]c(Oc3ccc4cccc(O)c4n3)ccc2)=N1.[Pt]. The molecular weight excluding hydrogens is 587 g/mol. The minimum atomic E-state index is 0. The van der Waals surface area contributed by atoms with Crippen LogP contribution >= 0.6 is 11.8 Å². The monoisotopic (exact) mass is 614 g/mol. The molecule has 0 unspecified atom stereocenters. The topological polar surface area (TPSA) is 54.7 Å². The van der Waals surface area contributed by atoms with E-state index in [4.69, 9.17) is 9.73 Å². The van der Waals surface area contributed by atoms with Gasteiger partial charge in [-0.05, 0) is 30.9 Å². The van der Waals surface area contributed by atoms with Gasteiger partial charge in [-0.15, -0.1) is 23.8 Å². The molecule has 4 nitrogen and oxygen atoms in total. The summed E-state index contributed by atoms with van der Waals surface area (Å²) in [5.74, 6) is 2.89. The summed E-state index contributed by atoms with van der Waals surface area (Å²) in [6, 6.07) is 18.7. The predicted octanol–water partition coefficient (Wildman–Crippen LogP) is 6.61. The average molecular weight is 615 g/mol. The van der Waals surface area contributed by atoms with Gasteiger partial charge in [0.15, 0.2) is 0 Å². The number of nitrogens with zero attached hydrogens (tertiary/aromatic N) is 2. The van der Waals surface area contributed by atoms with Gasteiger partial charge < -0.3 is 14.8 Å². The zero-order chi connectivity index (χ0) is 20.9. The van der Waals surface area contributed by atoms with Crippen LogP contribution in [0.3, 0.4) is 0 Å². The molecule has 0 aliphatic carbocycles. The van der Waals surface area contributed by atoms with Crippen LogP contribution in [0, 0.1) is 12.0 Å². The van der Waals surface area contributed by atoms with E-state index in [1.54, 1.807) is 18.2 Å². The number of hydrogen-bond acceptors (Lipinski definition) is 5. The van der Waals surface area contributed by atoms with Gasteiger partial charge in [-0.3, -0.25) is 0 Å². The molecule has 0 saturated heterocycles. The fourth-order valence-electron chi connectivity index (χ4n) is 3.96. The minimum Gasteiger partial charge on any atom is -0.506 e. The smallest absolute Gasteiger partial charge is 0.217 e.